The summed E-state index contributed by atoms with van der Waals surface area (Å²) in [5.41, 5.74) is 1.18. The number of amides is 4. The minimum Gasteiger partial charge on any atom is -0.494 e. The predicted molar refractivity (Wildman–Crippen MR) is 94.2 cm³/mol. The number of ether oxygens (including phenoxy) is 1. The van der Waals surface area contributed by atoms with Crippen molar-refractivity contribution in [3.8, 4) is 5.75 Å². The number of nitrogens with one attached hydrogen (secondary N) is 1. The molecule has 26 heavy (non-hydrogen) atoms. The fourth-order valence-electron chi connectivity index (χ4n) is 2.55. The molecule has 1 aliphatic heterocycles. The number of carbonyl (C=O) groups excluding carboxylic acids is 4. The standard InChI is InChI=1S/C19H24N2O5/c1-14-4-6-15(7-5-14)26-13-3-2-12-20-16(22)8-9-17(23)21-18(24)10-11-19(21)25/h4-7H,2-3,8-13H2,1H3,(H,20,22). The van der Waals surface area contributed by atoms with E-state index in [0.717, 1.165) is 18.6 Å². The van der Waals surface area contributed by atoms with Gasteiger partial charge in [0.25, 0.3) is 0 Å². The van der Waals surface area contributed by atoms with Gasteiger partial charge in [0.05, 0.1) is 6.61 Å². The van der Waals surface area contributed by atoms with E-state index in [1.165, 1.54) is 5.56 Å². The Hall–Kier alpha value is -2.70. The van der Waals surface area contributed by atoms with Crippen LogP contribution in [0.1, 0.15) is 44.1 Å². The molecule has 0 bridgehead atoms. The molecule has 7 heteroatoms. The normalized spacial score (nSPS) is 13.8. The predicted octanol–water partition coefficient (Wildman–Crippen LogP) is 1.73. The number of aryl methyl sites for hydroxylation is 1. The zero-order valence-electron chi connectivity index (χ0n) is 15.0. The molecule has 0 unspecified atom stereocenters. The van der Waals surface area contributed by atoms with Crippen LogP contribution in [-0.4, -0.2) is 41.7 Å². The number of nitrogens with zero attached hydrogens (tertiary/aromatic N) is 1. The highest BCUT2D eigenvalue weighted by molar-refractivity contribution is 6.15. The molecule has 0 saturated carbocycles. The fraction of sp³-hybridized carbons (Fsp3) is 0.474. The van der Waals surface area contributed by atoms with Crippen molar-refractivity contribution in [1.82, 2.24) is 10.2 Å². The molecule has 0 aromatic heterocycles. The Bertz CT molecular complexity index is 653. The molecule has 1 fully saturated rings. The molecule has 2 rings (SSSR count). The van der Waals surface area contributed by atoms with Gasteiger partial charge in [0, 0.05) is 32.2 Å². The first-order valence-electron chi connectivity index (χ1n) is 8.82. The number of benzene rings is 1. The maximum atomic E-state index is 11.8. The van der Waals surface area contributed by atoms with E-state index < -0.39 is 17.7 Å². The number of hydrogen-bond donors (Lipinski definition) is 1. The van der Waals surface area contributed by atoms with E-state index in [1.54, 1.807) is 0 Å². The summed E-state index contributed by atoms with van der Waals surface area (Å²) in [6.07, 6.45) is 1.52. The molecule has 1 saturated heterocycles. The Balaban J connectivity index is 1.53. The van der Waals surface area contributed by atoms with Gasteiger partial charge in [-0.3, -0.25) is 19.2 Å². The van der Waals surface area contributed by atoms with E-state index in [2.05, 4.69) is 5.32 Å². The summed E-state index contributed by atoms with van der Waals surface area (Å²) in [5.74, 6) is -0.997. The van der Waals surface area contributed by atoms with Crippen molar-refractivity contribution in [2.24, 2.45) is 0 Å². The van der Waals surface area contributed by atoms with Crippen molar-refractivity contribution < 1.29 is 23.9 Å². The average molecular weight is 360 g/mol. The third-order valence-electron chi connectivity index (χ3n) is 4.05. The first-order valence-corrected chi connectivity index (χ1v) is 8.82. The summed E-state index contributed by atoms with van der Waals surface area (Å²) >= 11 is 0. The van der Waals surface area contributed by atoms with Gasteiger partial charge in [-0.05, 0) is 31.9 Å². The Kier molecular flexibility index (Phi) is 7.32. The van der Waals surface area contributed by atoms with Crippen molar-refractivity contribution in [3.05, 3.63) is 29.8 Å². The molecule has 1 aromatic rings. The van der Waals surface area contributed by atoms with Crippen molar-refractivity contribution in [2.45, 2.75) is 45.4 Å². The van der Waals surface area contributed by atoms with Crippen LogP contribution in [-0.2, 0) is 19.2 Å². The second-order valence-corrected chi connectivity index (χ2v) is 6.24. The lowest BCUT2D eigenvalue weighted by Gasteiger charge is -2.11. The van der Waals surface area contributed by atoms with Gasteiger partial charge in [0.2, 0.25) is 23.6 Å². The average Bonchev–Trinajstić information content (AvgIpc) is 2.96. The van der Waals surface area contributed by atoms with Crippen molar-refractivity contribution in [1.29, 1.82) is 0 Å². The molecular weight excluding hydrogens is 336 g/mol. The summed E-state index contributed by atoms with van der Waals surface area (Å²) in [7, 11) is 0. The first-order chi connectivity index (χ1) is 12.5. The lowest BCUT2D eigenvalue weighted by atomic mass is 10.2. The van der Waals surface area contributed by atoms with Crippen LogP contribution in [0.2, 0.25) is 0 Å². The largest absolute Gasteiger partial charge is 0.494 e. The van der Waals surface area contributed by atoms with Gasteiger partial charge < -0.3 is 10.1 Å². The number of hydrogen-bond acceptors (Lipinski definition) is 5. The molecule has 1 aliphatic rings. The SMILES string of the molecule is Cc1ccc(OCCCCNC(=O)CCC(=O)N2C(=O)CCC2=O)cc1. The van der Waals surface area contributed by atoms with Crippen LogP contribution < -0.4 is 10.1 Å². The monoisotopic (exact) mass is 360 g/mol. The van der Waals surface area contributed by atoms with Gasteiger partial charge in [-0.1, -0.05) is 17.7 Å². The Morgan fingerprint density at radius 3 is 2.35 bits per heavy atom. The summed E-state index contributed by atoms with van der Waals surface area (Å²) in [4.78, 5) is 47.1. The van der Waals surface area contributed by atoms with Gasteiger partial charge >= 0.3 is 0 Å². The van der Waals surface area contributed by atoms with Crippen LogP contribution >= 0.6 is 0 Å². The zero-order chi connectivity index (χ0) is 18.9. The second-order valence-electron chi connectivity index (χ2n) is 6.24. The van der Waals surface area contributed by atoms with Crippen molar-refractivity contribution >= 4 is 23.6 Å². The molecule has 0 atom stereocenters. The van der Waals surface area contributed by atoms with Gasteiger partial charge in [-0.2, -0.15) is 0 Å². The van der Waals surface area contributed by atoms with E-state index in [-0.39, 0.29) is 31.6 Å². The lowest BCUT2D eigenvalue weighted by Crippen LogP contribution is -2.36. The number of carbonyl (C=O) groups is 4. The van der Waals surface area contributed by atoms with E-state index in [1.807, 2.05) is 31.2 Å². The van der Waals surface area contributed by atoms with Crippen LogP contribution in [0.15, 0.2) is 24.3 Å². The Labute approximate surface area is 152 Å². The first kappa shape index (κ1) is 19.6. The summed E-state index contributed by atoms with van der Waals surface area (Å²) in [5, 5.41) is 2.72. The third-order valence-corrected chi connectivity index (χ3v) is 4.05. The van der Waals surface area contributed by atoms with Gasteiger partial charge in [-0.25, -0.2) is 4.90 Å². The minimum atomic E-state index is -0.598. The number of unbranched alkanes of at least 4 members (excludes halogenated alkanes) is 1. The summed E-state index contributed by atoms with van der Waals surface area (Å²) in [6, 6.07) is 7.81. The van der Waals surface area contributed by atoms with E-state index >= 15 is 0 Å². The maximum absolute atomic E-state index is 11.8. The maximum Gasteiger partial charge on any atom is 0.236 e. The highest BCUT2D eigenvalue weighted by Crippen LogP contribution is 2.14. The van der Waals surface area contributed by atoms with E-state index in [9.17, 15) is 19.2 Å². The second kappa shape index (κ2) is 9.70. The van der Waals surface area contributed by atoms with E-state index in [0.29, 0.717) is 18.1 Å². The molecule has 1 N–H and O–H groups in total. The summed E-state index contributed by atoms with van der Waals surface area (Å²) < 4.78 is 5.60. The Morgan fingerprint density at radius 2 is 1.69 bits per heavy atom. The quantitative estimate of drug-likeness (QED) is 0.535. The number of imide groups is 3. The van der Waals surface area contributed by atoms with Gasteiger partial charge in [0.15, 0.2) is 0 Å². The van der Waals surface area contributed by atoms with Crippen molar-refractivity contribution in [2.75, 3.05) is 13.2 Å². The van der Waals surface area contributed by atoms with Gasteiger partial charge in [-0.15, -0.1) is 0 Å². The highest BCUT2D eigenvalue weighted by atomic mass is 16.5. The van der Waals surface area contributed by atoms with Crippen LogP contribution in [0.3, 0.4) is 0 Å². The number of likely N-dealkylation sites (tertiary alicyclic amines) is 1. The van der Waals surface area contributed by atoms with Crippen LogP contribution in [0.25, 0.3) is 0 Å². The molecule has 4 amide bonds. The molecule has 0 radical (unpaired) electrons. The molecule has 1 heterocycles. The summed E-state index contributed by atoms with van der Waals surface area (Å²) in [6.45, 7) is 3.07. The van der Waals surface area contributed by atoms with Crippen LogP contribution in [0.5, 0.6) is 5.75 Å². The molecule has 140 valence electrons. The molecule has 1 aromatic carbocycles. The molecule has 0 aliphatic carbocycles. The molecule has 7 nitrogen and oxygen atoms in total. The molecular formula is C19H24N2O5. The van der Waals surface area contributed by atoms with Gasteiger partial charge in [0.1, 0.15) is 5.75 Å². The third kappa shape index (κ3) is 5.98. The number of rotatable bonds is 9. The Morgan fingerprint density at radius 1 is 1.04 bits per heavy atom. The van der Waals surface area contributed by atoms with Crippen LogP contribution in [0.4, 0.5) is 0 Å². The lowest BCUT2D eigenvalue weighted by molar-refractivity contribution is -0.150. The highest BCUT2D eigenvalue weighted by Gasteiger charge is 2.33. The minimum absolute atomic E-state index is 0.0320. The van der Waals surface area contributed by atoms with E-state index in [4.69, 9.17) is 4.74 Å². The van der Waals surface area contributed by atoms with Crippen molar-refractivity contribution in [3.63, 3.8) is 0 Å². The fourth-order valence-corrected chi connectivity index (χ4v) is 2.55. The zero-order valence-corrected chi connectivity index (χ0v) is 15.0. The molecule has 0 spiro atoms. The smallest absolute Gasteiger partial charge is 0.236 e. The topological polar surface area (TPSA) is 92.8 Å². The van der Waals surface area contributed by atoms with Crippen LogP contribution in [0, 0.1) is 6.92 Å².